The number of hydrogen-bond acceptors (Lipinski definition) is 6. The van der Waals surface area contributed by atoms with Crippen LogP contribution >= 0.6 is 11.6 Å². The molecule has 4 aromatic rings. The van der Waals surface area contributed by atoms with E-state index in [2.05, 4.69) is 15.5 Å². The molecule has 30 heavy (non-hydrogen) atoms. The summed E-state index contributed by atoms with van der Waals surface area (Å²) < 4.78 is 12.6. The highest BCUT2D eigenvalue weighted by molar-refractivity contribution is 6.30. The van der Waals surface area contributed by atoms with Gasteiger partial charge in [-0.25, -0.2) is 4.68 Å². The van der Waals surface area contributed by atoms with Crippen LogP contribution < -0.4 is 0 Å². The molecule has 1 fully saturated rings. The van der Waals surface area contributed by atoms with E-state index in [0.29, 0.717) is 48.5 Å². The maximum Gasteiger partial charge on any atom is 0.276 e. The first-order chi connectivity index (χ1) is 14.6. The summed E-state index contributed by atoms with van der Waals surface area (Å²) >= 11 is 6.00. The van der Waals surface area contributed by atoms with Crippen molar-refractivity contribution in [2.75, 3.05) is 26.3 Å². The first-order valence-electron chi connectivity index (χ1n) is 9.57. The number of morpholine rings is 1. The molecule has 0 unspecified atom stereocenters. The predicted octanol–water partition coefficient (Wildman–Crippen LogP) is 3.51. The van der Waals surface area contributed by atoms with Crippen molar-refractivity contribution in [1.29, 1.82) is 0 Å². The standard InChI is InChI=1S/C21H18ClN5O3/c1-13-19(21(28)26-8-10-29-11-9-26)23-25-27(13)16-6-7-18-17(12-16)20(30-24-18)14-2-4-15(22)5-3-14/h2-7,12H,8-11H2,1H3. The fourth-order valence-electron chi connectivity index (χ4n) is 3.56. The summed E-state index contributed by atoms with van der Waals surface area (Å²) in [6, 6.07) is 13.0. The molecule has 1 saturated heterocycles. The zero-order chi connectivity index (χ0) is 20.7. The Kier molecular flexibility index (Phi) is 4.72. The largest absolute Gasteiger partial charge is 0.378 e. The van der Waals surface area contributed by atoms with E-state index in [-0.39, 0.29) is 5.91 Å². The van der Waals surface area contributed by atoms with Crippen molar-refractivity contribution in [2.45, 2.75) is 6.92 Å². The molecule has 2 aromatic carbocycles. The van der Waals surface area contributed by atoms with Gasteiger partial charge < -0.3 is 14.2 Å². The van der Waals surface area contributed by atoms with Crippen LogP contribution in [-0.2, 0) is 4.74 Å². The second-order valence-electron chi connectivity index (χ2n) is 7.06. The number of amides is 1. The van der Waals surface area contributed by atoms with Crippen molar-refractivity contribution in [1.82, 2.24) is 25.1 Å². The van der Waals surface area contributed by atoms with Crippen LogP contribution in [0.5, 0.6) is 0 Å². The Bertz CT molecular complexity index is 1230. The topological polar surface area (TPSA) is 86.3 Å². The van der Waals surface area contributed by atoms with Crippen molar-refractivity contribution in [3.8, 4) is 17.0 Å². The van der Waals surface area contributed by atoms with Crippen molar-refractivity contribution >= 4 is 28.4 Å². The molecule has 3 heterocycles. The number of halogens is 1. The number of benzene rings is 2. The minimum Gasteiger partial charge on any atom is -0.378 e. The molecule has 0 N–H and O–H groups in total. The number of carbonyl (C=O) groups is 1. The molecule has 0 saturated carbocycles. The van der Waals surface area contributed by atoms with Crippen molar-refractivity contribution in [2.24, 2.45) is 0 Å². The summed E-state index contributed by atoms with van der Waals surface area (Å²) in [6.07, 6.45) is 0. The van der Waals surface area contributed by atoms with Crippen LogP contribution in [0, 0.1) is 6.92 Å². The minimum absolute atomic E-state index is 0.130. The lowest BCUT2D eigenvalue weighted by atomic mass is 10.1. The smallest absolute Gasteiger partial charge is 0.276 e. The van der Waals surface area contributed by atoms with Gasteiger partial charge >= 0.3 is 0 Å². The van der Waals surface area contributed by atoms with Crippen LogP contribution in [0.3, 0.4) is 0 Å². The minimum atomic E-state index is -0.130. The second kappa shape index (κ2) is 7.55. The first-order valence-corrected chi connectivity index (χ1v) is 9.95. The number of fused-ring (bicyclic) bond motifs is 1. The number of hydrogen-bond donors (Lipinski definition) is 0. The van der Waals surface area contributed by atoms with E-state index in [0.717, 1.165) is 22.2 Å². The Labute approximate surface area is 177 Å². The maximum absolute atomic E-state index is 12.8. The van der Waals surface area contributed by atoms with Crippen LogP contribution in [-0.4, -0.2) is 57.3 Å². The molecule has 0 atom stereocenters. The van der Waals surface area contributed by atoms with Crippen LogP contribution in [0.25, 0.3) is 27.9 Å². The fourth-order valence-corrected chi connectivity index (χ4v) is 3.68. The average molecular weight is 424 g/mol. The van der Waals surface area contributed by atoms with Gasteiger partial charge in [0.1, 0.15) is 5.52 Å². The van der Waals surface area contributed by atoms with Gasteiger partial charge in [0, 0.05) is 23.7 Å². The molecular weight excluding hydrogens is 406 g/mol. The molecule has 1 aliphatic rings. The molecule has 5 rings (SSSR count). The monoisotopic (exact) mass is 423 g/mol. The maximum atomic E-state index is 12.8. The molecular formula is C21H18ClN5O3. The molecule has 9 heteroatoms. The van der Waals surface area contributed by atoms with Crippen molar-refractivity contribution < 1.29 is 14.1 Å². The summed E-state index contributed by atoms with van der Waals surface area (Å²) in [4.78, 5) is 14.6. The molecule has 0 aliphatic carbocycles. The molecule has 0 bridgehead atoms. The van der Waals surface area contributed by atoms with Crippen molar-refractivity contribution in [3.63, 3.8) is 0 Å². The highest BCUT2D eigenvalue weighted by atomic mass is 35.5. The van der Waals surface area contributed by atoms with Crippen LogP contribution in [0.4, 0.5) is 0 Å². The lowest BCUT2D eigenvalue weighted by Crippen LogP contribution is -2.41. The fraction of sp³-hybridized carbons (Fsp3) is 0.238. The zero-order valence-electron chi connectivity index (χ0n) is 16.2. The number of aromatic nitrogens is 4. The third kappa shape index (κ3) is 3.24. The lowest BCUT2D eigenvalue weighted by Gasteiger charge is -2.26. The van der Waals surface area contributed by atoms with Gasteiger partial charge in [-0.05, 0) is 49.4 Å². The average Bonchev–Trinajstić information content (AvgIpc) is 3.37. The Morgan fingerprint density at radius 3 is 2.63 bits per heavy atom. The third-order valence-electron chi connectivity index (χ3n) is 5.21. The summed E-state index contributed by atoms with van der Waals surface area (Å²) in [5.41, 5.74) is 3.39. The van der Waals surface area contributed by atoms with Crippen LogP contribution in [0.1, 0.15) is 16.2 Å². The number of carbonyl (C=O) groups excluding carboxylic acids is 1. The van der Waals surface area contributed by atoms with Gasteiger partial charge in [-0.2, -0.15) is 0 Å². The SMILES string of the molecule is Cc1c(C(=O)N2CCOCC2)nnn1-c1ccc2noc(-c3ccc(Cl)cc3)c2c1. The van der Waals surface area contributed by atoms with Gasteiger partial charge in [-0.1, -0.05) is 22.0 Å². The van der Waals surface area contributed by atoms with Crippen LogP contribution in [0.15, 0.2) is 47.0 Å². The summed E-state index contributed by atoms with van der Waals surface area (Å²) in [5.74, 6) is 0.515. The third-order valence-corrected chi connectivity index (χ3v) is 5.46. The van der Waals surface area contributed by atoms with Gasteiger partial charge in [-0.15, -0.1) is 5.10 Å². The van der Waals surface area contributed by atoms with E-state index in [4.69, 9.17) is 20.9 Å². The summed E-state index contributed by atoms with van der Waals surface area (Å²) in [6.45, 7) is 4.03. The van der Waals surface area contributed by atoms with E-state index in [1.165, 1.54) is 0 Å². The molecule has 8 nitrogen and oxygen atoms in total. The Morgan fingerprint density at radius 2 is 1.87 bits per heavy atom. The van der Waals surface area contributed by atoms with E-state index in [1.54, 1.807) is 21.7 Å². The second-order valence-corrected chi connectivity index (χ2v) is 7.50. The normalized spacial score (nSPS) is 14.4. The lowest BCUT2D eigenvalue weighted by molar-refractivity contribution is 0.0298. The summed E-state index contributed by atoms with van der Waals surface area (Å²) in [5, 5.41) is 14.0. The predicted molar refractivity (Wildman–Crippen MR) is 111 cm³/mol. The molecule has 1 aliphatic heterocycles. The van der Waals surface area contributed by atoms with Gasteiger partial charge in [-0.3, -0.25) is 4.79 Å². The Morgan fingerprint density at radius 1 is 1.10 bits per heavy atom. The van der Waals surface area contributed by atoms with Gasteiger partial charge in [0.2, 0.25) is 0 Å². The summed E-state index contributed by atoms with van der Waals surface area (Å²) in [7, 11) is 0. The molecule has 1 amide bonds. The molecule has 2 aromatic heterocycles. The van der Waals surface area contributed by atoms with Gasteiger partial charge in [0.05, 0.1) is 30.0 Å². The van der Waals surface area contributed by atoms with E-state index >= 15 is 0 Å². The van der Waals surface area contributed by atoms with Crippen molar-refractivity contribution in [3.05, 3.63) is 58.9 Å². The highest BCUT2D eigenvalue weighted by Gasteiger charge is 2.25. The van der Waals surface area contributed by atoms with E-state index < -0.39 is 0 Å². The van der Waals surface area contributed by atoms with Gasteiger partial charge in [0.15, 0.2) is 11.5 Å². The molecule has 0 spiro atoms. The zero-order valence-corrected chi connectivity index (χ0v) is 17.0. The van der Waals surface area contributed by atoms with E-state index in [9.17, 15) is 4.79 Å². The quantitative estimate of drug-likeness (QED) is 0.501. The van der Waals surface area contributed by atoms with Crippen LogP contribution in [0.2, 0.25) is 5.02 Å². The number of nitrogens with zero attached hydrogens (tertiary/aromatic N) is 5. The van der Waals surface area contributed by atoms with Gasteiger partial charge in [0.25, 0.3) is 5.91 Å². The Hall–Kier alpha value is -3.23. The first kappa shape index (κ1) is 18.8. The number of rotatable bonds is 3. The highest BCUT2D eigenvalue weighted by Crippen LogP contribution is 2.31. The molecule has 152 valence electrons. The Balaban J connectivity index is 1.52. The number of ether oxygens (including phenoxy) is 1. The van der Waals surface area contributed by atoms with E-state index in [1.807, 2.05) is 37.3 Å². The molecule has 0 radical (unpaired) electrons.